The minimum atomic E-state index is -0.813. The van der Waals surface area contributed by atoms with Crippen LogP contribution in [0, 0.1) is 0 Å². The third kappa shape index (κ3) is 35.4. The van der Waals surface area contributed by atoms with Crippen LogP contribution in [0.1, 0.15) is 129 Å². The van der Waals surface area contributed by atoms with E-state index in [1.807, 2.05) is 0 Å². The highest BCUT2D eigenvalue weighted by atomic mass is 16.6. The van der Waals surface area contributed by atoms with Gasteiger partial charge in [-0.1, -0.05) is 130 Å². The molecule has 0 rings (SSSR count). The van der Waals surface area contributed by atoms with Gasteiger partial charge in [0, 0.05) is 12.8 Å². The number of hydrogen-bond acceptors (Lipinski definition) is 5. The van der Waals surface area contributed by atoms with Crippen molar-refractivity contribution >= 4 is 11.9 Å². The largest absolute Gasteiger partial charge is 0.462 e. The van der Waals surface area contributed by atoms with Crippen LogP contribution in [0.2, 0.25) is 0 Å². The molecule has 1 N–H and O–H groups in total. The summed E-state index contributed by atoms with van der Waals surface area (Å²) in [6.45, 7) is 3.81. The van der Waals surface area contributed by atoms with Gasteiger partial charge in [-0.05, 0) is 96.3 Å². The minimum absolute atomic E-state index is 0.109. The molecule has 0 aliphatic carbocycles. The summed E-state index contributed by atoms with van der Waals surface area (Å²) >= 11 is 0. The van der Waals surface area contributed by atoms with Crippen molar-refractivity contribution in [3.05, 3.63) is 109 Å². The lowest BCUT2D eigenvalue weighted by Crippen LogP contribution is -2.28. The van der Waals surface area contributed by atoms with Crippen molar-refractivity contribution in [2.75, 3.05) is 13.2 Å². The molecule has 0 fully saturated rings. The van der Waals surface area contributed by atoms with Gasteiger partial charge < -0.3 is 14.6 Å². The van der Waals surface area contributed by atoms with E-state index in [4.69, 9.17) is 9.47 Å². The monoisotopic (exact) mass is 662 g/mol. The molecule has 5 nitrogen and oxygen atoms in total. The van der Waals surface area contributed by atoms with E-state index in [9.17, 15) is 14.7 Å². The lowest BCUT2D eigenvalue weighted by Gasteiger charge is -2.15. The number of ether oxygens (including phenoxy) is 2. The lowest BCUT2D eigenvalue weighted by molar-refractivity contribution is -0.161. The SMILES string of the molecule is CCC=CCC=CCC=CCC=CCC=CCCCCCC(=O)O[C@@H](CO)COC(=O)CCCCC=CCC=CCC=CCC=CCC. The quantitative estimate of drug-likeness (QED) is 0.0454. The Morgan fingerprint density at radius 3 is 1.25 bits per heavy atom. The molecule has 0 heterocycles. The summed E-state index contributed by atoms with van der Waals surface area (Å²) in [5.41, 5.74) is 0. The summed E-state index contributed by atoms with van der Waals surface area (Å²) < 4.78 is 10.5. The van der Waals surface area contributed by atoms with E-state index in [2.05, 4.69) is 123 Å². The Labute approximate surface area is 293 Å². The van der Waals surface area contributed by atoms with Gasteiger partial charge >= 0.3 is 11.9 Å². The van der Waals surface area contributed by atoms with Crippen molar-refractivity contribution in [3.8, 4) is 0 Å². The first-order valence-electron chi connectivity index (χ1n) is 18.4. The van der Waals surface area contributed by atoms with Crippen LogP contribution in [-0.4, -0.2) is 36.4 Å². The van der Waals surface area contributed by atoms with Gasteiger partial charge in [0.15, 0.2) is 6.10 Å². The third-order valence-corrected chi connectivity index (χ3v) is 7.06. The van der Waals surface area contributed by atoms with Crippen molar-refractivity contribution in [3.63, 3.8) is 0 Å². The standard InChI is InChI=1S/C43H66O5/c1-3-5-7-9-11-13-15-17-19-20-21-22-24-26-28-30-32-34-36-38-43(46)48-41(39-44)40-47-42(45)37-35-33-31-29-27-25-23-18-16-14-12-10-8-6-4-2/h5-8,11-14,17-19,21-23,26-29,41,44H,3-4,9-10,15-16,20,24-25,30-40H2,1-2H3/t41-/m0/s1. The van der Waals surface area contributed by atoms with E-state index in [0.717, 1.165) is 103 Å². The molecular formula is C43H66O5. The Kier molecular flexibility index (Phi) is 35.3. The fraction of sp³-hybridized carbons (Fsp3) is 0.535. The van der Waals surface area contributed by atoms with Crippen molar-refractivity contribution in [2.45, 2.75) is 136 Å². The molecule has 1 atom stereocenters. The van der Waals surface area contributed by atoms with Gasteiger partial charge in [-0.3, -0.25) is 9.59 Å². The smallest absolute Gasteiger partial charge is 0.306 e. The minimum Gasteiger partial charge on any atom is -0.462 e. The molecule has 0 aromatic carbocycles. The Bertz CT molecular complexity index is 1020. The van der Waals surface area contributed by atoms with Crippen LogP contribution in [0.4, 0.5) is 0 Å². The second kappa shape index (κ2) is 38.0. The van der Waals surface area contributed by atoms with Crippen LogP contribution < -0.4 is 0 Å². The van der Waals surface area contributed by atoms with Crippen LogP contribution in [0.3, 0.4) is 0 Å². The summed E-state index contributed by atoms with van der Waals surface area (Å²) in [4.78, 5) is 24.2. The van der Waals surface area contributed by atoms with Crippen molar-refractivity contribution in [1.82, 2.24) is 0 Å². The van der Waals surface area contributed by atoms with Gasteiger partial charge in [0.1, 0.15) is 6.61 Å². The number of hydrogen-bond donors (Lipinski definition) is 1. The molecule has 0 aliphatic rings. The zero-order valence-electron chi connectivity index (χ0n) is 30.2. The molecule has 0 aromatic rings. The molecule has 0 amide bonds. The molecular weight excluding hydrogens is 596 g/mol. The average Bonchev–Trinajstić information content (AvgIpc) is 3.09. The van der Waals surface area contributed by atoms with E-state index in [1.165, 1.54) is 0 Å². The average molecular weight is 663 g/mol. The predicted octanol–water partition coefficient (Wildman–Crippen LogP) is 11.5. The molecule has 0 aliphatic heterocycles. The number of carbonyl (C=O) groups excluding carboxylic acids is 2. The van der Waals surface area contributed by atoms with Gasteiger partial charge in [0.05, 0.1) is 6.61 Å². The normalized spacial score (nSPS) is 13.5. The molecule has 0 spiro atoms. The maximum absolute atomic E-state index is 12.1. The highest BCUT2D eigenvalue weighted by molar-refractivity contribution is 5.70. The highest BCUT2D eigenvalue weighted by Gasteiger charge is 2.15. The van der Waals surface area contributed by atoms with E-state index >= 15 is 0 Å². The molecule has 0 aromatic heterocycles. The Morgan fingerprint density at radius 2 is 0.833 bits per heavy atom. The van der Waals surface area contributed by atoms with E-state index in [1.54, 1.807) is 0 Å². The van der Waals surface area contributed by atoms with Gasteiger partial charge in [0.25, 0.3) is 0 Å². The van der Waals surface area contributed by atoms with E-state index in [-0.39, 0.29) is 25.2 Å². The van der Waals surface area contributed by atoms with Crippen LogP contribution in [0.15, 0.2) is 109 Å². The molecule has 5 heteroatoms. The van der Waals surface area contributed by atoms with Gasteiger partial charge in [-0.25, -0.2) is 0 Å². The number of unbranched alkanes of at least 4 members (excludes halogenated alkanes) is 5. The zero-order chi connectivity index (χ0) is 35.0. The first kappa shape index (κ1) is 44.6. The first-order chi connectivity index (χ1) is 23.6. The van der Waals surface area contributed by atoms with Crippen LogP contribution in [-0.2, 0) is 19.1 Å². The summed E-state index contributed by atoms with van der Waals surface area (Å²) in [5, 5.41) is 9.53. The molecule has 48 heavy (non-hydrogen) atoms. The Balaban J connectivity index is 3.76. The van der Waals surface area contributed by atoms with Gasteiger partial charge in [-0.2, -0.15) is 0 Å². The second-order valence-electron chi connectivity index (χ2n) is 11.5. The number of aliphatic hydroxyl groups excluding tert-OH is 1. The summed E-state index contributed by atoms with van der Waals surface area (Å²) in [6, 6.07) is 0. The van der Waals surface area contributed by atoms with Crippen molar-refractivity contribution in [1.29, 1.82) is 0 Å². The predicted molar refractivity (Wildman–Crippen MR) is 205 cm³/mol. The molecule has 0 radical (unpaired) electrons. The van der Waals surface area contributed by atoms with Crippen molar-refractivity contribution in [2.24, 2.45) is 0 Å². The summed E-state index contributed by atoms with van der Waals surface area (Å²) in [5.74, 6) is -0.692. The molecule has 268 valence electrons. The van der Waals surface area contributed by atoms with E-state index < -0.39 is 6.10 Å². The van der Waals surface area contributed by atoms with Crippen LogP contribution in [0.25, 0.3) is 0 Å². The Hall–Kier alpha value is -3.44. The summed E-state index contributed by atoms with van der Waals surface area (Å²) in [7, 11) is 0. The molecule has 0 bridgehead atoms. The maximum atomic E-state index is 12.1. The Morgan fingerprint density at radius 1 is 0.479 bits per heavy atom. The fourth-order valence-corrected chi connectivity index (χ4v) is 4.33. The molecule has 0 saturated heterocycles. The second-order valence-corrected chi connectivity index (χ2v) is 11.5. The fourth-order valence-electron chi connectivity index (χ4n) is 4.33. The number of allylic oxidation sites excluding steroid dienone is 18. The topological polar surface area (TPSA) is 72.8 Å². The summed E-state index contributed by atoms with van der Waals surface area (Å²) in [6.07, 6.45) is 54.3. The van der Waals surface area contributed by atoms with Crippen LogP contribution in [0.5, 0.6) is 0 Å². The highest BCUT2D eigenvalue weighted by Crippen LogP contribution is 2.08. The lowest BCUT2D eigenvalue weighted by atomic mass is 10.1. The molecule has 0 saturated carbocycles. The number of carbonyl (C=O) groups is 2. The van der Waals surface area contributed by atoms with Crippen molar-refractivity contribution < 1.29 is 24.2 Å². The molecule has 0 unspecified atom stereocenters. The third-order valence-electron chi connectivity index (χ3n) is 7.06. The number of aliphatic hydroxyl groups is 1. The number of esters is 2. The van der Waals surface area contributed by atoms with Gasteiger partial charge in [0.2, 0.25) is 0 Å². The van der Waals surface area contributed by atoms with Gasteiger partial charge in [-0.15, -0.1) is 0 Å². The van der Waals surface area contributed by atoms with E-state index in [0.29, 0.717) is 12.8 Å². The first-order valence-corrected chi connectivity index (χ1v) is 18.4. The zero-order valence-corrected chi connectivity index (χ0v) is 30.2. The maximum Gasteiger partial charge on any atom is 0.306 e. The number of rotatable bonds is 31. The van der Waals surface area contributed by atoms with Crippen LogP contribution >= 0.6 is 0 Å².